The number of rotatable bonds is 5. The van der Waals surface area contributed by atoms with E-state index in [-0.39, 0.29) is 0 Å². The van der Waals surface area contributed by atoms with E-state index in [1.807, 2.05) is 18.2 Å². The van der Waals surface area contributed by atoms with Crippen molar-refractivity contribution in [2.24, 2.45) is 0 Å². The van der Waals surface area contributed by atoms with Gasteiger partial charge in [0.25, 0.3) is 0 Å². The number of hydrogen-bond acceptors (Lipinski definition) is 2. The Bertz CT molecular complexity index is 513. The molecule has 2 aromatic carbocycles. The van der Waals surface area contributed by atoms with E-state index in [0.717, 1.165) is 29.0 Å². The van der Waals surface area contributed by atoms with Crippen molar-refractivity contribution >= 4 is 11.6 Å². The lowest BCUT2D eigenvalue weighted by Crippen LogP contribution is -1.93. The fourth-order valence-electron chi connectivity index (χ4n) is 1.95. The van der Waals surface area contributed by atoms with Crippen molar-refractivity contribution in [1.29, 1.82) is 0 Å². The van der Waals surface area contributed by atoms with E-state index < -0.39 is 0 Å². The number of halogens is 1. The van der Waals surface area contributed by atoms with E-state index in [2.05, 4.69) is 24.3 Å². The zero-order valence-corrected chi connectivity index (χ0v) is 11.9. The molecule has 3 heteroatoms. The summed E-state index contributed by atoms with van der Waals surface area (Å²) in [6, 6.07) is 14.2. The van der Waals surface area contributed by atoms with Crippen molar-refractivity contribution in [3.8, 4) is 11.5 Å². The molecule has 2 rings (SSSR count). The van der Waals surface area contributed by atoms with E-state index in [1.165, 1.54) is 5.56 Å². The molecule has 19 heavy (non-hydrogen) atoms. The predicted molar refractivity (Wildman–Crippen MR) is 78.4 cm³/mol. The maximum absolute atomic E-state index is 5.79. The largest absolute Gasteiger partial charge is 0.497 e. The summed E-state index contributed by atoms with van der Waals surface area (Å²) in [5, 5.41) is 0. The van der Waals surface area contributed by atoms with Crippen LogP contribution in [0.2, 0.25) is 0 Å². The van der Waals surface area contributed by atoms with Crippen LogP contribution in [0.1, 0.15) is 16.7 Å². The summed E-state index contributed by atoms with van der Waals surface area (Å²) in [7, 11) is 3.32. The average Bonchev–Trinajstić information content (AvgIpc) is 2.47. The first-order chi connectivity index (χ1) is 9.25. The Kier molecular flexibility index (Phi) is 4.69. The zero-order chi connectivity index (χ0) is 13.7. The van der Waals surface area contributed by atoms with Crippen LogP contribution in [0.25, 0.3) is 0 Å². The summed E-state index contributed by atoms with van der Waals surface area (Å²) in [6.45, 7) is 0. The normalized spacial score (nSPS) is 10.3. The average molecular weight is 277 g/mol. The van der Waals surface area contributed by atoms with Gasteiger partial charge in [0.15, 0.2) is 0 Å². The first-order valence-corrected chi connectivity index (χ1v) is 6.64. The van der Waals surface area contributed by atoms with Gasteiger partial charge in [-0.15, -0.1) is 11.6 Å². The minimum Gasteiger partial charge on any atom is -0.497 e. The molecule has 0 saturated heterocycles. The van der Waals surface area contributed by atoms with Gasteiger partial charge in [-0.1, -0.05) is 24.3 Å². The molecule has 0 atom stereocenters. The maximum Gasteiger partial charge on any atom is 0.122 e. The SMILES string of the molecule is COc1cc(Cc2ccc(CCl)cc2)cc(OC)c1. The zero-order valence-electron chi connectivity index (χ0n) is 11.2. The Hall–Kier alpha value is -1.67. The Labute approximate surface area is 118 Å². The minimum absolute atomic E-state index is 0.549. The van der Waals surface area contributed by atoms with Gasteiger partial charge in [-0.05, 0) is 35.2 Å². The minimum atomic E-state index is 0.549. The van der Waals surface area contributed by atoms with Crippen LogP contribution < -0.4 is 9.47 Å². The van der Waals surface area contributed by atoms with E-state index >= 15 is 0 Å². The summed E-state index contributed by atoms with van der Waals surface area (Å²) in [4.78, 5) is 0. The Morgan fingerprint density at radius 2 is 1.32 bits per heavy atom. The standard InChI is InChI=1S/C16H17ClO2/c1-18-15-8-14(9-16(10-15)19-2)7-12-3-5-13(11-17)6-4-12/h3-6,8-10H,7,11H2,1-2H3. The quantitative estimate of drug-likeness (QED) is 0.768. The molecule has 2 nitrogen and oxygen atoms in total. The Balaban J connectivity index is 2.21. The van der Waals surface area contributed by atoms with Crippen LogP contribution in [0.4, 0.5) is 0 Å². The summed E-state index contributed by atoms with van der Waals surface area (Å²) >= 11 is 5.79. The van der Waals surface area contributed by atoms with Gasteiger partial charge in [-0.2, -0.15) is 0 Å². The molecule has 0 fully saturated rings. The predicted octanol–water partition coefficient (Wildman–Crippen LogP) is 4.03. The molecular weight excluding hydrogens is 260 g/mol. The lowest BCUT2D eigenvalue weighted by Gasteiger charge is -2.09. The van der Waals surface area contributed by atoms with Gasteiger partial charge in [0.05, 0.1) is 14.2 Å². The molecule has 0 aromatic heterocycles. The first kappa shape index (κ1) is 13.8. The van der Waals surface area contributed by atoms with E-state index in [1.54, 1.807) is 14.2 Å². The van der Waals surface area contributed by atoms with Gasteiger partial charge in [-0.25, -0.2) is 0 Å². The van der Waals surface area contributed by atoms with Crippen molar-refractivity contribution in [1.82, 2.24) is 0 Å². The van der Waals surface area contributed by atoms with Crippen LogP contribution in [0, 0.1) is 0 Å². The second kappa shape index (κ2) is 6.48. The molecule has 0 amide bonds. The van der Waals surface area contributed by atoms with Crippen molar-refractivity contribution in [3.05, 3.63) is 59.2 Å². The highest BCUT2D eigenvalue weighted by Gasteiger charge is 2.03. The number of methoxy groups -OCH3 is 2. The summed E-state index contributed by atoms with van der Waals surface area (Å²) < 4.78 is 10.5. The fourth-order valence-corrected chi connectivity index (χ4v) is 2.13. The molecule has 0 aliphatic heterocycles. The van der Waals surface area contributed by atoms with Gasteiger partial charge >= 0.3 is 0 Å². The van der Waals surface area contributed by atoms with Crippen LogP contribution in [0.3, 0.4) is 0 Å². The third kappa shape index (κ3) is 3.65. The van der Waals surface area contributed by atoms with Crippen LogP contribution in [0.15, 0.2) is 42.5 Å². The highest BCUT2D eigenvalue weighted by atomic mass is 35.5. The Morgan fingerprint density at radius 1 is 0.789 bits per heavy atom. The fraction of sp³-hybridized carbons (Fsp3) is 0.250. The monoisotopic (exact) mass is 276 g/mol. The lowest BCUT2D eigenvalue weighted by atomic mass is 10.0. The van der Waals surface area contributed by atoms with E-state index in [0.29, 0.717) is 5.88 Å². The Morgan fingerprint density at radius 3 is 1.79 bits per heavy atom. The van der Waals surface area contributed by atoms with Crippen molar-refractivity contribution in [3.63, 3.8) is 0 Å². The topological polar surface area (TPSA) is 18.5 Å². The molecule has 100 valence electrons. The molecule has 0 aliphatic rings. The molecule has 0 aliphatic carbocycles. The molecule has 0 saturated carbocycles. The molecule has 0 unspecified atom stereocenters. The maximum atomic E-state index is 5.79. The lowest BCUT2D eigenvalue weighted by molar-refractivity contribution is 0.393. The summed E-state index contributed by atoms with van der Waals surface area (Å²) in [5.74, 6) is 2.17. The number of ether oxygens (including phenoxy) is 2. The highest BCUT2D eigenvalue weighted by Crippen LogP contribution is 2.24. The van der Waals surface area contributed by atoms with Gasteiger partial charge < -0.3 is 9.47 Å². The molecule has 0 radical (unpaired) electrons. The van der Waals surface area contributed by atoms with Crippen molar-refractivity contribution in [2.75, 3.05) is 14.2 Å². The van der Waals surface area contributed by atoms with Crippen LogP contribution >= 0.6 is 11.6 Å². The third-order valence-corrected chi connectivity index (χ3v) is 3.31. The van der Waals surface area contributed by atoms with Crippen LogP contribution in [-0.2, 0) is 12.3 Å². The van der Waals surface area contributed by atoms with Crippen LogP contribution in [-0.4, -0.2) is 14.2 Å². The molecule has 0 N–H and O–H groups in total. The smallest absolute Gasteiger partial charge is 0.122 e. The van der Waals surface area contributed by atoms with Gasteiger partial charge in [0.1, 0.15) is 11.5 Å². The summed E-state index contributed by atoms with van der Waals surface area (Å²) in [5.41, 5.74) is 3.53. The van der Waals surface area contributed by atoms with Gasteiger partial charge in [-0.3, -0.25) is 0 Å². The van der Waals surface area contributed by atoms with Crippen LogP contribution in [0.5, 0.6) is 11.5 Å². The van der Waals surface area contributed by atoms with Crippen molar-refractivity contribution in [2.45, 2.75) is 12.3 Å². The van der Waals surface area contributed by atoms with Gasteiger partial charge in [0, 0.05) is 11.9 Å². The summed E-state index contributed by atoms with van der Waals surface area (Å²) in [6.07, 6.45) is 0.843. The third-order valence-electron chi connectivity index (χ3n) is 3.00. The second-order valence-corrected chi connectivity index (χ2v) is 4.62. The molecule has 0 spiro atoms. The van der Waals surface area contributed by atoms with E-state index in [4.69, 9.17) is 21.1 Å². The molecule has 2 aromatic rings. The molecule has 0 heterocycles. The first-order valence-electron chi connectivity index (χ1n) is 6.11. The molecule has 0 bridgehead atoms. The highest BCUT2D eigenvalue weighted by molar-refractivity contribution is 6.17. The number of alkyl halides is 1. The van der Waals surface area contributed by atoms with E-state index in [9.17, 15) is 0 Å². The second-order valence-electron chi connectivity index (χ2n) is 4.35. The molecular formula is C16H17ClO2. The van der Waals surface area contributed by atoms with Crippen molar-refractivity contribution < 1.29 is 9.47 Å². The number of benzene rings is 2. The van der Waals surface area contributed by atoms with Gasteiger partial charge in [0.2, 0.25) is 0 Å². The number of hydrogen-bond donors (Lipinski definition) is 0.